The van der Waals surface area contributed by atoms with Crippen LogP contribution < -0.4 is 4.74 Å². The van der Waals surface area contributed by atoms with Gasteiger partial charge in [-0.25, -0.2) is 9.97 Å². The van der Waals surface area contributed by atoms with E-state index in [0.717, 1.165) is 27.1 Å². The molecule has 4 nitrogen and oxygen atoms in total. The van der Waals surface area contributed by atoms with Crippen molar-refractivity contribution in [1.29, 1.82) is 0 Å². The van der Waals surface area contributed by atoms with E-state index >= 15 is 0 Å². The van der Waals surface area contributed by atoms with Crippen molar-refractivity contribution in [2.75, 3.05) is 0 Å². The number of pyridine rings is 1. The molecule has 3 aromatic rings. The molecule has 0 spiro atoms. The fourth-order valence-electron chi connectivity index (χ4n) is 1.64. The minimum absolute atomic E-state index is 0.590. The van der Waals surface area contributed by atoms with Gasteiger partial charge in [-0.05, 0) is 39.5 Å². The molecule has 0 aliphatic carbocycles. The summed E-state index contributed by atoms with van der Waals surface area (Å²) in [6, 6.07) is 5.66. The summed E-state index contributed by atoms with van der Waals surface area (Å²) in [5, 5.41) is 2.93. The summed E-state index contributed by atoms with van der Waals surface area (Å²) in [7, 11) is 0. The minimum atomic E-state index is 0.590. The molecule has 3 heterocycles. The first-order chi connectivity index (χ1) is 9.26. The molecule has 0 N–H and O–H groups in total. The molecule has 0 saturated heterocycles. The lowest BCUT2D eigenvalue weighted by Gasteiger charge is -2.06. The molecule has 0 saturated carbocycles. The first-order valence-corrected chi connectivity index (χ1v) is 7.47. The second-order valence-corrected chi connectivity index (χ2v) is 5.56. The van der Waals surface area contributed by atoms with Crippen LogP contribution in [-0.2, 0) is 6.42 Å². The second kappa shape index (κ2) is 5.22. The molecule has 0 amide bonds. The van der Waals surface area contributed by atoms with Gasteiger partial charge in [-0.2, -0.15) is 4.98 Å². The van der Waals surface area contributed by atoms with Gasteiger partial charge in [0.15, 0.2) is 0 Å². The molecule has 0 fully saturated rings. The van der Waals surface area contributed by atoms with E-state index in [1.54, 1.807) is 17.5 Å². The Kier molecular flexibility index (Phi) is 3.44. The molecule has 0 unspecified atom stereocenters. The number of hydrogen-bond acceptors (Lipinski definition) is 5. The van der Waals surface area contributed by atoms with E-state index in [1.165, 1.54) is 0 Å². The standard InChI is InChI=1S/C13H10BrN3OS/c1-2-11-16-12(9-5-6-19-13(9)17-11)18-8-3-4-10(14)15-7-8/h3-7H,2H2,1H3. The fraction of sp³-hybridized carbons (Fsp3) is 0.154. The number of fused-ring (bicyclic) bond motifs is 1. The van der Waals surface area contributed by atoms with E-state index in [2.05, 4.69) is 30.9 Å². The topological polar surface area (TPSA) is 47.9 Å². The molecule has 0 aliphatic rings. The van der Waals surface area contributed by atoms with E-state index in [-0.39, 0.29) is 0 Å². The van der Waals surface area contributed by atoms with Crippen LogP contribution in [0.25, 0.3) is 10.2 Å². The van der Waals surface area contributed by atoms with Gasteiger partial charge >= 0.3 is 0 Å². The quantitative estimate of drug-likeness (QED) is 0.673. The maximum atomic E-state index is 5.82. The number of aryl methyl sites for hydroxylation is 1. The second-order valence-electron chi connectivity index (χ2n) is 3.86. The number of rotatable bonds is 3. The van der Waals surface area contributed by atoms with Crippen LogP contribution in [-0.4, -0.2) is 15.0 Å². The lowest BCUT2D eigenvalue weighted by molar-refractivity contribution is 0.463. The highest BCUT2D eigenvalue weighted by Crippen LogP contribution is 2.30. The number of halogens is 1. The third-order valence-corrected chi connectivity index (χ3v) is 3.84. The summed E-state index contributed by atoms with van der Waals surface area (Å²) in [6.45, 7) is 2.03. The molecule has 96 valence electrons. The number of aromatic nitrogens is 3. The zero-order valence-electron chi connectivity index (χ0n) is 10.1. The monoisotopic (exact) mass is 335 g/mol. The molecule has 3 rings (SSSR count). The Balaban J connectivity index is 2.03. The summed E-state index contributed by atoms with van der Waals surface area (Å²) in [4.78, 5) is 14.0. The average Bonchev–Trinajstić information content (AvgIpc) is 2.89. The van der Waals surface area contributed by atoms with E-state index in [4.69, 9.17) is 4.74 Å². The molecule has 6 heteroatoms. The molecular weight excluding hydrogens is 326 g/mol. The Morgan fingerprint density at radius 1 is 1.26 bits per heavy atom. The smallest absolute Gasteiger partial charge is 0.231 e. The Hall–Kier alpha value is -1.53. The van der Waals surface area contributed by atoms with Crippen molar-refractivity contribution in [2.45, 2.75) is 13.3 Å². The van der Waals surface area contributed by atoms with E-state index in [9.17, 15) is 0 Å². The third kappa shape index (κ3) is 2.59. The molecule has 0 aromatic carbocycles. The highest BCUT2D eigenvalue weighted by atomic mass is 79.9. The van der Waals surface area contributed by atoms with E-state index < -0.39 is 0 Å². The number of hydrogen-bond donors (Lipinski definition) is 0. The van der Waals surface area contributed by atoms with Crippen molar-refractivity contribution in [3.05, 3.63) is 40.2 Å². The zero-order chi connectivity index (χ0) is 13.2. The number of nitrogens with zero attached hydrogens (tertiary/aromatic N) is 3. The zero-order valence-corrected chi connectivity index (χ0v) is 12.5. The van der Waals surface area contributed by atoms with Gasteiger partial charge in [0, 0.05) is 6.42 Å². The van der Waals surface area contributed by atoms with Crippen LogP contribution in [0.15, 0.2) is 34.4 Å². The predicted octanol–water partition coefficient (Wildman–Crippen LogP) is 4.20. The van der Waals surface area contributed by atoms with Crippen molar-refractivity contribution in [3.63, 3.8) is 0 Å². The van der Waals surface area contributed by atoms with Crippen molar-refractivity contribution in [1.82, 2.24) is 15.0 Å². The van der Waals surface area contributed by atoms with Gasteiger partial charge in [-0.3, -0.25) is 0 Å². The first kappa shape index (κ1) is 12.5. The lowest BCUT2D eigenvalue weighted by atomic mass is 10.3. The first-order valence-electron chi connectivity index (χ1n) is 5.80. The largest absolute Gasteiger partial charge is 0.437 e. The molecular formula is C13H10BrN3OS. The predicted molar refractivity (Wildman–Crippen MR) is 78.8 cm³/mol. The highest BCUT2D eigenvalue weighted by Gasteiger charge is 2.10. The Bertz CT molecular complexity index is 711. The lowest BCUT2D eigenvalue weighted by Crippen LogP contribution is -1.96. The van der Waals surface area contributed by atoms with Gasteiger partial charge < -0.3 is 4.74 Å². The van der Waals surface area contributed by atoms with Gasteiger partial charge in [-0.15, -0.1) is 11.3 Å². The maximum Gasteiger partial charge on any atom is 0.231 e. The molecule has 0 atom stereocenters. The van der Waals surface area contributed by atoms with Crippen LogP contribution in [0.1, 0.15) is 12.7 Å². The molecule has 0 bridgehead atoms. The Labute approximate surface area is 122 Å². The maximum absolute atomic E-state index is 5.82. The minimum Gasteiger partial charge on any atom is -0.437 e. The molecule has 0 aliphatic heterocycles. The SMILES string of the molecule is CCc1nc(Oc2ccc(Br)nc2)c2ccsc2n1. The summed E-state index contributed by atoms with van der Waals surface area (Å²) in [6.07, 6.45) is 2.44. The summed E-state index contributed by atoms with van der Waals surface area (Å²) in [5.41, 5.74) is 0. The van der Waals surface area contributed by atoms with Crippen LogP contribution in [0.4, 0.5) is 0 Å². The van der Waals surface area contributed by atoms with Crippen LogP contribution in [0.2, 0.25) is 0 Å². The molecule has 0 radical (unpaired) electrons. The van der Waals surface area contributed by atoms with Crippen molar-refractivity contribution in [3.8, 4) is 11.6 Å². The van der Waals surface area contributed by atoms with E-state index in [1.807, 2.05) is 30.5 Å². The highest BCUT2D eigenvalue weighted by molar-refractivity contribution is 9.10. The van der Waals surface area contributed by atoms with Crippen molar-refractivity contribution >= 4 is 37.5 Å². The summed E-state index contributed by atoms with van der Waals surface area (Å²) in [5.74, 6) is 2.04. The van der Waals surface area contributed by atoms with Crippen LogP contribution >= 0.6 is 27.3 Å². The van der Waals surface area contributed by atoms with Gasteiger partial charge in [0.1, 0.15) is 21.0 Å². The fourth-order valence-corrected chi connectivity index (χ4v) is 2.65. The van der Waals surface area contributed by atoms with Gasteiger partial charge in [0.05, 0.1) is 11.6 Å². The van der Waals surface area contributed by atoms with Gasteiger partial charge in [0.25, 0.3) is 0 Å². The van der Waals surface area contributed by atoms with Crippen molar-refractivity contribution in [2.24, 2.45) is 0 Å². The van der Waals surface area contributed by atoms with Crippen molar-refractivity contribution < 1.29 is 4.74 Å². The Morgan fingerprint density at radius 3 is 2.89 bits per heavy atom. The third-order valence-electron chi connectivity index (χ3n) is 2.57. The van der Waals surface area contributed by atoms with Crippen LogP contribution in [0.5, 0.6) is 11.6 Å². The number of ether oxygens (including phenoxy) is 1. The van der Waals surface area contributed by atoms with Gasteiger partial charge in [0.2, 0.25) is 5.88 Å². The number of thiophene rings is 1. The summed E-state index contributed by atoms with van der Waals surface area (Å²) < 4.78 is 6.60. The molecule has 19 heavy (non-hydrogen) atoms. The van der Waals surface area contributed by atoms with Crippen LogP contribution in [0.3, 0.4) is 0 Å². The summed E-state index contributed by atoms with van der Waals surface area (Å²) >= 11 is 4.89. The average molecular weight is 336 g/mol. The van der Waals surface area contributed by atoms with Gasteiger partial charge in [-0.1, -0.05) is 6.92 Å². The Morgan fingerprint density at radius 2 is 2.16 bits per heavy atom. The normalized spacial score (nSPS) is 10.8. The van der Waals surface area contributed by atoms with Crippen LogP contribution in [0, 0.1) is 0 Å². The van der Waals surface area contributed by atoms with E-state index in [0.29, 0.717) is 11.6 Å². The molecule has 3 aromatic heterocycles.